The highest BCUT2D eigenvalue weighted by Gasteiger charge is 2.14. The van der Waals surface area contributed by atoms with Crippen molar-refractivity contribution in [3.8, 4) is 11.1 Å². The average molecular weight is 206 g/mol. The molecule has 1 heterocycles. The lowest BCUT2D eigenvalue weighted by Crippen LogP contribution is -1.92. The summed E-state index contributed by atoms with van der Waals surface area (Å²) in [6, 6.07) is 7.15. The van der Waals surface area contributed by atoms with Crippen molar-refractivity contribution in [2.45, 2.75) is 13.1 Å². The predicted molar refractivity (Wildman–Crippen MR) is 55.9 cm³/mol. The number of anilines is 1. The normalized spacial score (nSPS) is 12.7. The number of alkyl halides is 1. The Morgan fingerprint density at radius 3 is 2.67 bits per heavy atom. The van der Waals surface area contributed by atoms with Crippen molar-refractivity contribution in [2.75, 3.05) is 5.73 Å². The molecule has 0 saturated heterocycles. The van der Waals surface area contributed by atoms with Crippen molar-refractivity contribution in [2.24, 2.45) is 0 Å². The topological polar surface area (TPSA) is 52.0 Å². The summed E-state index contributed by atoms with van der Waals surface area (Å²) < 4.78 is 18.1. The number of nitrogen functional groups attached to an aromatic ring is 1. The minimum Gasteiger partial charge on any atom is -0.367 e. The highest BCUT2D eigenvalue weighted by atomic mass is 19.1. The van der Waals surface area contributed by atoms with Gasteiger partial charge in [-0.1, -0.05) is 29.4 Å². The van der Waals surface area contributed by atoms with E-state index in [2.05, 4.69) is 5.16 Å². The third-order valence-electron chi connectivity index (χ3n) is 2.28. The second-order valence-corrected chi connectivity index (χ2v) is 3.31. The molecule has 0 aliphatic rings. The molecule has 1 atom stereocenters. The van der Waals surface area contributed by atoms with Crippen LogP contribution >= 0.6 is 0 Å². The maximum absolute atomic E-state index is 13.3. The molecule has 1 aromatic heterocycles. The molecule has 0 spiro atoms. The average Bonchev–Trinajstić information content (AvgIpc) is 2.64. The predicted octanol–water partition coefficient (Wildman–Crippen LogP) is 2.95. The van der Waals surface area contributed by atoms with Crippen molar-refractivity contribution < 1.29 is 8.91 Å². The van der Waals surface area contributed by atoms with Crippen LogP contribution in [0.15, 0.2) is 35.0 Å². The number of halogens is 1. The molecule has 4 heteroatoms. The number of nitrogens with two attached hydrogens (primary N) is 1. The van der Waals surface area contributed by atoms with E-state index in [4.69, 9.17) is 10.3 Å². The molecular weight excluding hydrogens is 195 g/mol. The zero-order valence-corrected chi connectivity index (χ0v) is 8.27. The molecule has 0 aliphatic carbocycles. The van der Waals surface area contributed by atoms with E-state index in [0.29, 0.717) is 11.1 Å². The summed E-state index contributed by atoms with van der Waals surface area (Å²) in [5, 5.41) is 3.58. The molecule has 0 radical (unpaired) electrons. The highest BCUT2D eigenvalue weighted by molar-refractivity contribution is 5.74. The summed E-state index contributed by atoms with van der Waals surface area (Å²) in [4.78, 5) is 0. The Kier molecular flexibility index (Phi) is 2.41. The van der Waals surface area contributed by atoms with Gasteiger partial charge >= 0.3 is 0 Å². The van der Waals surface area contributed by atoms with E-state index in [1.165, 1.54) is 13.1 Å². The Hall–Kier alpha value is -1.84. The van der Waals surface area contributed by atoms with Gasteiger partial charge in [-0.25, -0.2) is 4.39 Å². The molecule has 2 N–H and O–H groups in total. The van der Waals surface area contributed by atoms with Crippen molar-refractivity contribution in [3.63, 3.8) is 0 Å². The van der Waals surface area contributed by atoms with Gasteiger partial charge in [0.2, 0.25) is 5.88 Å². The van der Waals surface area contributed by atoms with Gasteiger partial charge in [0.1, 0.15) is 6.17 Å². The first-order valence-corrected chi connectivity index (χ1v) is 4.63. The van der Waals surface area contributed by atoms with Crippen LogP contribution in [0, 0.1) is 0 Å². The Morgan fingerprint density at radius 2 is 2.07 bits per heavy atom. The number of benzene rings is 1. The monoisotopic (exact) mass is 206 g/mol. The fourth-order valence-corrected chi connectivity index (χ4v) is 1.54. The summed E-state index contributed by atoms with van der Waals surface area (Å²) in [5.74, 6) is 0.211. The minimum atomic E-state index is -1.05. The molecule has 0 bridgehead atoms. The van der Waals surface area contributed by atoms with Gasteiger partial charge in [-0.15, -0.1) is 0 Å². The second-order valence-electron chi connectivity index (χ2n) is 3.31. The van der Waals surface area contributed by atoms with E-state index in [-0.39, 0.29) is 5.88 Å². The van der Waals surface area contributed by atoms with Crippen LogP contribution in [0.1, 0.15) is 18.7 Å². The van der Waals surface area contributed by atoms with Crippen LogP contribution in [0.4, 0.5) is 10.3 Å². The van der Waals surface area contributed by atoms with E-state index >= 15 is 0 Å². The van der Waals surface area contributed by atoms with Gasteiger partial charge < -0.3 is 10.3 Å². The van der Waals surface area contributed by atoms with E-state index in [1.54, 1.807) is 18.2 Å². The summed E-state index contributed by atoms with van der Waals surface area (Å²) in [7, 11) is 0. The van der Waals surface area contributed by atoms with Gasteiger partial charge in [-0.3, -0.25) is 0 Å². The van der Waals surface area contributed by atoms with Gasteiger partial charge in [0.25, 0.3) is 0 Å². The first-order chi connectivity index (χ1) is 7.20. The van der Waals surface area contributed by atoms with Crippen molar-refractivity contribution in [3.05, 3.63) is 36.0 Å². The van der Waals surface area contributed by atoms with Crippen LogP contribution in [-0.2, 0) is 0 Å². The van der Waals surface area contributed by atoms with Crippen LogP contribution in [0.25, 0.3) is 11.1 Å². The van der Waals surface area contributed by atoms with Crippen molar-refractivity contribution in [1.82, 2.24) is 5.16 Å². The Balaban J connectivity index is 2.58. The number of aromatic nitrogens is 1. The molecule has 1 aromatic carbocycles. The van der Waals surface area contributed by atoms with Crippen LogP contribution < -0.4 is 5.73 Å². The molecular formula is C11H11FN2O. The zero-order valence-electron chi connectivity index (χ0n) is 8.27. The Bertz CT molecular complexity index is 465. The van der Waals surface area contributed by atoms with Gasteiger partial charge in [-0.05, 0) is 18.1 Å². The molecule has 1 unspecified atom stereocenters. The summed E-state index contributed by atoms with van der Waals surface area (Å²) >= 11 is 0. The summed E-state index contributed by atoms with van der Waals surface area (Å²) in [6.45, 7) is 1.49. The van der Waals surface area contributed by atoms with Crippen LogP contribution in [0.3, 0.4) is 0 Å². The number of hydrogen-bond acceptors (Lipinski definition) is 3. The maximum Gasteiger partial charge on any atom is 0.229 e. The van der Waals surface area contributed by atoms with Crippen molar-refractivity contribution >= 4 is 5.88 Å². The van der Waals surface area contributed by atoms with E-state index in [9.17, 15) is 4.39 Å². The first kappa shape index (κ1) is 9.71. The molecule has 0 amide bonds. The van der Waals surface area contributed by atoms with E-state index < -0.39 is 6.17 Å². The van der Waals surface area contributed by atoms with Gasteiger partial charge in [0.15, 0.2) is 0 Å². The van der Waals surface area contributed by atoms with Gasteiger partial charge in [0, 0.05) is 0 Å². The number of nitrogens with zero attached hydrogens (tertiary/aromatic N) is 1. The lowest BCUT2D eigenvalue weighted by atomic mass is 9.99. The van der Waals surface area contributed by atoms with Gasteiger partial charge in [0.05, 0.1) is 11.8 Å². The van der Waals surface area contributed by atoms with Crippen LogP contribution in [0.2, 0.25) is 0 Å². The summed E-state index contributed by atoms with van der Waals surface area (Å²) in [5.41, 5.74) is 7.54. The molecule has 2 aromatic rings. The summed E-state index contributed by atoms with van der Waals surface area (Å²) in [6.07, 6.45) is 0.451. The van der Waals surface area contributed by atoms with Crippen LogP contribution in [-0.4, -0.2) is 5.16 Å². The minimum absolute atomic E-state index is 0.211. The van der Waals surface area contributed by atoms with E-state index in [0.717, 1.165) is 5.56 Å². The fraction of sp³-hybridized carbons (Fsp3) is 0.182. The fourth-order valence-electron chi connectivity index (χ4n) is 1.54. The highest BCUT2D eigenvalue weighted by Crippen LogP contribution is 2.32. The quantitative estimate of drug-likeness (QED) is 0.821. The zero-order chi connectivity index (χ0) is 10.8. The molecule has 0 saturated carbocycles. The Morgan fingerprint density at radius 1 is 1.33 bits per heavy atom. The molecule has 0 fully saturated rings. The molecule has 15 heavy (non-hydrogen) atoms. The smallest absolute Gasteiger partial charge is 0.229 e. The number of rotatable bonds is 2. The molecule has 78 valence electrons. The van der Waals surface area contributed by atoms with E-state index in [1.807, 2.05) is 6.07 Å². The van der Waals surface area contributed by atoms with Crippen molar-refractivity contribution in [1.29, 1.82) is 0 Å². The maximum atomic E-state index is 13.3. The first-order valence-electron chi connectivity index (χ1n) is 4.63. The third-order valence-corrected chi connectivity index (χ3v) is 2.28. The largest absolute Gasteiger partial charge is 0.367 e. The lowest BCUT2D eigenvalue weighted by molar-refractivity contribution is 0.375. The standard InChI is InChI=1S/C11H11FN2O/c1-7(12)8-4-2-3-5-9(8)10-6-14-15-11(10)13/h2-7H,13H2,1H3. The molecule has 3 nitrogen and oxygen atoms in total. The molecule has 0 aliphatic heterocycles. The second kappa shape index (κ2) is 3.73. The number of hydrogen-bond donors (Lipinski definition) is 1. The molecule has 2 rings (SSSR count). The lowest BCUT2D eigenvalue weighted by Gasteiger charge is -2.08. The van der Waals surface area contributed by atoms with Gasteiger partial charge in [-0.2, -0.15) is 0 Å². The third kappa shape index (κ3) is 1.70. The Labute approximate surface area is 86.7 Å². The van der Waals surface area contributed by atoms with Crippen LogP contribution in [0.5, 0.6) is 0 Å². The SMILES string of the molecule is CC(F)c1ccccc1-c1cnoc1N.